The van der Waals surface area contributed by atoms with Gasteiger partial charge in [0.2, 0.25) is 0 Å². The predicted molar refractivity (Wildman–Crippen MR) is 36.1 cm³/mol. The molecule has 0 aliphatic carbocycles. The van der Waals surface area contributed by atoms with Gasteiger partial charge in [-0.2, -0.15) is 0 Å². The Hall–Kier alpha value is 0.210. The normalized spacial score (nSPS) is 7.70. The molecule has 10 heavy (non-hydrogen) atoms. The standard InChI is InChI=1S/C7H12O2.Na/c1-3-5-6-9-7(8)4-2;/h4H,2-3,5-6H2,1H3;/q;+1. The quantitative estimate of drug-likeness (QED) is 0.212. The van der Waals surface area contributed by atoms with Gasteiger partial charge in [0.05, 0.1) is 6.61 Å². The molecule has 3 heteroatoms. The number of hydrogen-bond acceptors (Lipinski definition) is 2. The molecule has 0 aromatic carbocycles. The first-order valence-corrected chi connectivity index (χ1v) is 3.10. The van der Waals surface area contributed by atoms with E-state index in [0.29, 0.717) is 6.61 Å². The maximum absolute atomic E-state index is 10.3. The topological polar surface area (TPSA) is 26.3 Å². The summed E-state index contributed by atoms with van der Waals surface area (Å²) in [5.74, 6) is -0.330. The van der Waals surface area contributed by atoms with E-state index in [1.807, 2.05) is 6.92 Å². The van der Waals surface area contributed by atoms with Crippen LogP contribution in [0.5, 0.6) is 0 Å². The van der Waals surface area contributed by atoms with Crippen molar-refractivity contribution in [2.75, 3.05) is 6.61 Å². The summed E-state index contributed by atoms with van der Waals surface area (Å²) < 4.78 is 4.67. The van der Waals surface area contributed by atoms with Crippen molar-refractivity contribution in [1.82, 2.24) is 0 Å². The molecule has 0 rings (SSSR count). The fourth-order valence-corrected chi connectivity index (χ4v) is 0.376. The van der Waals surface area contributed by atoms with Gasteiger partial charge in [-0.3, -0.25) is 0 Å². The first-order chi connectivity index (χ1) is 4.31. The summed E-state index contributed by atoms with van der Waals surface area (Å²) in [6, 6.07) is 0. The van der Waals surface area contributed by atoms with E-state index in [2.05, 4.69) is 11.3 Å². The number of unbranched alkanes of at least 4 members (excludes halogenated alkanes) is 1. The van der Waals surface area contributed by atoms with Crippen molar-refractivity contribution in [2.24, 2.45) is 0 Å². The van der Waals surface area contributed by atoms with Crippen molar-refractivity contribution >= 4 is 5.97 Å². The summed E-state index contributed by atoms with van der Waals surface area (Å²) in [4.78, 5) is 10.3. The number of ether oxygens (including phenoxy) is 1. The molecule has 0 unspecified atom stereocenters. The fraction of sp³-hybridized carbons (Fsp3) is 0.571. The van der Waals surface area contributed by atoms with E-state index >= 15 is 0 Å². The molecular formula is C7H12NaO2+. The third-order valence-electron chi connectivity index (χ3n) is 0.909. The van der Waals surface area contributed by atoms with Crippen LogP contribution in [0, 0.1) is 0 Å². The minimum atomic E-state index is -0.330. The summed E-state index contributed by atoms with van der Waals surface area (Å²) in [7, 11) is 0. The van der Waals surface area contributed by atoms with Crippen molar-refractivity contribution in [1.29, 1.82) is 0 Å². The summed E-state index contributed by atoms with van der Waals surface area (Å²) in [6.07, 6.45) is 3.15. The number of carbonyl (C=O) groups excluding carboxylic acids is 1. The third-order valence-corrected chi connectivity index (χ3v) is 0.909. The summed E-state index contributed by atoms with van der Waals surface area (Å²) in [6.45, 7) is 5.82. The molecule has 0 N–H and O–H groups in total. The first kappa shape index (κ1) is 12.8. The monoisotopic (exact) mass is 151 g/mol. The zero-order valence-corrected chi connectivity index (χ0v) is 8.72. The number of esters is 1. The SMILES string of the molecule is C=CC(=O)OCCCC.[Na+]. The van der Waals surface area contributed by atoms with Crippen LogP contribution < -0.4 is 29.6 Å². The second-order valence-electron chi connectivity index (χ2n) is 1.73. The number of carbonyl (C=O) groups is 1. The molecule has 0 bridgehead atoms. The minimum absolute atomic E-state index is 0. The number of hydrogen-bond donors (Lipinski definition) is 0. The van der Waals surface area contributed by atoms with Crippen LogP contribution in [0.4, 0.5) is 0 Å². The van der Waals surface area contributed by atoms with Gasteiger partial charge in [0.1, 0.15) is 0 Å². The Bertz CT molecular complexity index is 102. The maximum Gasteiger partial charge on any atom is 1.00 e. The Balaban J connectivity index is 0. The summed E-state index contributed by atoms with van der Waals surface area (Å²) in [5.41, 5.74) is 0. The smallest absolute Gasteiger partial charge is 0.463 e. The molecule has 0 aliphatic heterocycles. The molecule has 0 fully saturated rings. The van der Waals surface area contributed by atoms with Gasteiger partial charge in [-0.1, -0.05) is 19.9 Å². The average molecular weight is 151 g/mol. The molecule has 0 spiro atoms. The summed E-state index contributed by atoms with van der Waals surface area (Å²) in [5, 5.41) is 0. The van der Waals surface area contributed by atoms with Crippen LogP contribution in [0.3, 0.4) is 0 Å². The van der Waals surface area contributed by atoms with E-state index in [1.165, 1.54) is 6.08 Å². The molecule has 0 aromatic rings. The van der Waals surface area contributed by atoms with Gasteiger partial charge in [-0.05, 0) is 6.42 Å². The molecule has 0 aliphatic rings. The summed E-state index contributed by atoms with van der Waals surface area (Å²) >= 11 is 0. The maximum atomic E-state index is 10.3. The Morgan fingerprint density at radius 1 is 1.70 bits per heavy atom. The Morgan fingerprint density at radius 2 is 2.30 bits per heavy atom. The van der Waals surface area contributed by atoms with Crippen LogP contribution in [0.1, 0.15) is 19.8 Å². The van der Waals surface area contributed by atoms with Gasteiger partial charge in [0.15, 0.2) is 0 Å². The van der Waals surface area contributed by atoms with E-state index in [0.717, 1.165) is 12.8 Å². The molecule has 0 atom stereocenters. The van der Waals surface area contributed by atoms with Crippen LogP contribution in [-0.2, 0) is 9.53 Å². The zero-order valence-electron chi connectivity index (χ0n) is 6.72. The predicted octanol–water partition coefficient (Wildman–Crippen LogP) is -1.48. The second-order valence-corrected chi connectivity index (χ2v) is 1.73. The van der Waals surface area contributed by atoms with Crippen LogP contribution in [-0.4, -0.2) is 12.6 Å². The van der Waals surface area contributed by atoms with Crippen molar-refractivity contribution in [3.05, 3.63) is 12.7 Å². The van der Waals surface area contributed by atoms with Crippen molar-refractivity contribution in [3.8, 4) is 0 Å². The van der Waals surface area contributed by atoms with E-state index in [4.69, 9.17) is 0 Å². The molecule has 0 radical (unpaired) electrons. The largest absolute Gasteiger partial charge is 1.00 e. The van der Waals surface area contributed by atoms with Gasteiger partial charge in [-0.15, -0.1) is 0 Å². The minimum Gasteiger partial charge on any atom is -0.463 e. The van der Waals surface area contributed by atoms with E-state index in [-0.39, 0.29) is 35.5 Å². The molecule has 0 aromatic heterocycles. The average Bonchev–Trinajstić information content (AvgIpc) is 1.89. The van der Waals surface area contributed by atoms with Crippen LogP contribution in [0.25, 0.3) is 0 Å². The Kier molecular flexibility index (Phi) is 11.8. The molecule has 0 amide bonds. The van der Waals surface area contributed by atoms with Crippen LogP contribution in [0.15, 0.2) is 12.7 Å². The number of rotatable bonds is 4. The van der Waals surface area contributed by atoms with E-state index < -0.39 is 0 Å². The molecule has 0 heterocycles. The van der Waals surface area contributed by atoms with Crippen molar-refractivity contribution < 1.29 is 39.1 Å². The van der Waals surface area contributed by atoms with Gasteiger partial charge >= 0.3 is 35.5 Å². The van der Waals surface area contributed by atoms with E-state index in [1.54, 1.807) is 0 Å². The third kappa shape index (κ3) is 8.21. The van der Waals surface area contributed by atoms with Gasteiger partial charge in [-0.25, -0.2) is 4.79 Å². The Labute approximate surface area is 83.9 Å². The second kappa shape index (κ2) is 9.21. The van der Waals surface area contributed by atoms with Gasteiger partial charge in [0.25, 0.3) is 0 Å². The zero-order chi connectivity index (χ0) is 7.11. The molecule has 2 nitrogen and oxygen atoms in total. The van der Waals surface area contributed by atoms with Crippen molar-refractivity contribution in [3.63, 3.8) is 0 Å². The van der Waals surface area contributed by atoms with Crippen molar-refractivity contribution in [2.45, 2.75) is 19.8 Å². The van der Waals surface area contributed by atoms with Gasteiger partial charge in [0, 0.05) is 6.08 Å². The first-order valence-electron chi connectivity index (χ1n) is 3.10. The Morgan fingerprint density at radius 3 is 2.70 bits per heavy atom. The van der Waals surface area contributed by atoms with Crippen LogP contribution in [0.2, 0.25) is 0 Å². The molecule has 52 valence electrons. The fourth-order valence-electron chi connectivity index (χ4n) is 0.376. The molecular weight excluding hydrogens is 139 g/mol. The van der Waals surface area contributed by atoms with E-state index in [9.17, 15) is 4.79 Å². The van der Waals surface area contributed by atoms with Gasteiger partial charge < -0.3 is 4.74 Å². The molecule has 0 saturated heterocycles. The van der Waals surface area contributed by atoms with Crippen LogP contribution >= 0.6 is 0 Å². The molecule has 0 saturated carbocycles.